The molecule has 1 aliphatic heterocycles. The van der Waals surface area contributed by atoms with Crippen LogP contribution in [-0.4, -0.2) is 68.3 Å². The zero-order valence-corrected chi connectivity index (χ0v) is 21.1. The molecule has 3 heterocycles. The monoisotopic (exact) mass is 487 g/mol. The van der Waals surface area contributed by atoms with E-state index in [1.807, 2.05) is 54.3 Å². The van der Waals surface area contributed by atoms with Crippen LogP contribution in [0.4, 0.5) is 4.79 Å². The molecule has 9 nitrogen and oxygen atoms in total. The zero-order chi connectivity index (χ0) is 24.3. The molecule has 1 atom stereocenters. The average Bonchev–Trinajstić information content (AvgIpc) is 3.23. The number of nitrogens with zero attached hydrogens (tertiary/aromatic N) is 5. The van der Waals surface area contributed by atoms with Gasteiger partial charge in [0.25, 0.3) is 5.56 Å². The first-order valence-electron chi connectivity index (χ1n) is 11.7. The molecule has 2 aromatic heterocycles. The summed E-state index contributed by atoms with van der Waals surface area (Å²) in [6.07, 6.45) is 2.46. The van der Waals surface area contributed by atoms with Crippen molar-refractivity contribution < 1.29 is 14.3 Å². The lowest BCUT2D eigenvalue weighted by Gasteiger charge is -2.33. The number of piperidine rings is 1. The number of likely N-dealkylation sites (tertiary alicyclic amines) is 1. The Morgan fingerprint density at radius 3 is 2.79 bits per heavy atom. The Morgan fingerprint density at radius 2 is 2.03 bits per heavy atom. The molecule has 184 valence electrons. The van der Waals surface area contributed by atoms with E-state index in [9.17, 15) is 9.59 Å². The molecule has 0 radical (unpaired) electrons. The Balaban J connectivity index is 1.56. The maximum absolute atomic E-state index is 13.1. The summed E-state index contributed by atoms with van der Waals surface area (Å²) in [5.74, 6) is 1.68. The second kappa shape index (κ2) is 10.4. The number of aromatic nitrogens is 4. The van der Waals surface area contributed by atoms with Gasteiger partial charge in [0.2, 0.25) is 5.78 Å². The molecule has 0 bridgehead atoms. The van der Waals surface area contributed by atoms with E-state index in [-0.39, 0.29) is 11.7 Å². The zero-order valence-electron chi connectivity index (χ0n) is 20.3. The molecule has 10 heteroatoms. The molecule has 1 aliphatic rings. The van der Waals surface area contributed by atoms with Crippen LogP contribution in [0.2, 0.25) is 0 Å². The van der Waals surface area contributed by atoms with Gasteiger partial charge >= 0.3 is 6.09 Å². The Morgan fingerprint density at radius 1 is 1.24 bits per heavy atom. The van der Waals surface area contributed by atoms with Crippen LogP contribution in [0.5, 0.6) is 0 Å². The number of fused-ring (bicyclic) bond motifs is 3. The van der Waals surface area contributed by atoms with E-state index in [0.717, 1.165) is 35.8 Å². The number of carbonyl (C=O) groups is 1. The van der Waals surface area contributed by atoms with E-state index in [0.29, 0.717) is 43.2 Å². The van der Waals surface area contributed by atoms with Crippen molar-refractivity contribution in [2.24, 2.45) is 5.92 Å². The van der Waals surface area contributed by atoms with Gasteiger partial charge in [-0.2, -0.15) is 0 Å². The Hall–Kier alpha value is -2.59. The molecular weight excluding hydrogens is 454 g/mol. The number of aryl methyl sites for hydroxylation is 1. The number of ether oxygens (including phenoxy) is 2. The van der Waals surface area contributed by atoms with Crippen molar-refractivity contribution in [3.63, 3.8) is 0 Å². The van der Waals surface area contributed by atoms with Crippen LogP contribution < -0.4 is 5.56 Å². The van der Waals surface area contributed by atoms with Crippen LogP contribution >= 0.6 is 11.8 Å². The summed E-state index contributed by atoms with van der Waals surface area (Å²) in [6, 6.07) is 7.57. The topological polar surface area (TPSA) is 91.0 Å². The standard InChI is InChI=1S/C24H33N5O4S/c1-24(2,3)33-23(31)27-12-7-9-17(15-27)16-34-22-26-25-21-28(13-8-14-32-4)20(30)18-10-5-6-11-19(18)29(21)22/h5-6,10-11,17H,7-9,12-16H2,1-4H3. The molecule has 3 aromatic rings. The molecular formula is C24H33N5O4S. The number of thioether (sulfide) groups is 1. The lowest BCUT2D eigenvalue weighted by atomic mass is 10.0. The molecule has 1 saturated heterocycles. The summed E-state index contributed by atoms with van der Waals surface area (Å²) >= 11 is 1.62. The van der Waals surface area contributed by atoms with Crippen LogP contribution in [-0.2, 0) is 16.0 Å². The summed E-state index contributed by atoms with van der Waals surface area (Å²) < 4.78 is 14.4. The van der Waals surface area contributed by atoms with Crippen molar-refractivity contribution in [2.75, 3.05) is 32.6 Å². The van der Waals surface area contributed by atoms with E-state index in [2.05, 4.69) is 10.2 Å². The predicted octanol–water partition coefficient (Wildman–Crippen LogP) is 3.82. The summed E-state index contributed by atoms with van der Waals surface area (Å²) in [5, 5.41) is 10.2. The van der Waals surface area contributed by atoms with Crippen molar-refractivity contribution in [3.8, 4) is 0 Å². The minimum Gasteiger partial charge on any atom is -0.444 e. The molecule has 0 N–H and O–H groups in total. The van der Waals surface area contributed by atoms with Gasteiger partial charge < -0.3 is 14.4 Å². The largest absolute Gasteiger partial charge is 0.444 e. The van der Waals surface area contributed by atoms with Gasteiger partial charge in [-0.15, -0.1) is 10.2 Å². The molecule has 1 fully saturated rings. The number of carbonyl (C=O) groups excluding carboxylic acids is 1. The number of hydrogen-bond acceptors (Lipinski definition) is 7. The second-order valence-electron chi connectivity index (χ2n) is 9.68. The number of methoxy groups -OCH3 is 1. The quantitative estimate of drug-likeness (QED) is 0.370. The maximum atomic E-state index is 13.1. The summed E-state index contributed by atoms with van der Waals surface area (Å²) in [5.41, 5.74) is 0.236. The van der Waals surface area contributed by atoms with Crippen molar-refractivity contribution in [3.05, 3.63) is 34.6 Å². The molecule has 34 heavy (non-hydrogen) atoms. The highest BCUT2D eigenvalue weighted by Gasteiger charge is 2.28. The third-order valence-corrected chi connectivity index (χ3v) is 6.99. The fourth-order valence-electron chi connectivity index (χ4n) is 4.28. The molecule has 4 rings (SSSR count). The Kier molecular flexibility index (Phi) is 7.47. The van der Waals surface area contributed by atoms with Crippen LogP contribution in [0, 0.1) is 5.92 Å². The van der Waals surface area contributed by atoms with Crippen LogP contribution in [0.25, 0.3) is 16.7 Å². The van der Waals surface area contributed by atoms with Gasteiger partial charge in [0.1, 0.15) is 5.60 Å². The molecule has 0 aliphatic carbocycles. The summed E-state index contributed by atoms with van der Waals surface area (Å²) in [4.78, 5) is 27.5. The molecule has 1 aromatic carbocycles. The SMILES string of the molecule is COCCCn1c(=O)c2ccccc2n2c(SCC3CCCN(C(=O)OC(C)(C)C)C3)nnc12. The molecule has 0 saturated carbocycles. The van der Waals surface area contributed by atoms with Crippen LogP contribution in [0.1, 0.15) is 40.0 Å². The van der Waals surface area contributed by atoms with E-state index < -0.39 is 5.60 Å². The summed E-state index contributed by atoms with van der Waals surface area (Å²) in [7, 11) is 1.65. The highest BCUT2D eigenvalue weighted by Crippen LogP contribution is 2.27. The Bertz CT molecular complexity index is 1220. The number of benzene rings is 1. The maximum Gasteiger partial charge on any atom is 0.410 e. The third kappa shape index (κ3) is 5.38. The van der Waals surface area contributed by atoms with Gasteiger partial charge in [-0.1, -0.05) is 23.9 Å². The number of rotatable bonds is 7. The first-order valence-corrected chi connectivity index (χ1v) is 12.7. The highest BCUT2D eigenvalue weighted by atomic mass is 32.2. The highest BCUT2D eigenvalue weighted by molar-refractivity contribution is 7.99. The molecule has 0 spiro atoms. The van der Waals surface area contributed by atoms with E-state index in [1.54, 1.807) is 23.4 Å². The first-order chi connectivity index (χ1) is 16.3. The van der Waals surface area contributed by atoms with Gasteiger partial charge in [-0.3, -0.25) is 13.8 Å². The molecule has 1 unspecified atom stereocenters. The lowest BCUT2D eigenvalue weighted by Crippen LogP contribution is -2.43. The normalized spacial score (nSPS) is 16.9. The fourth-order valence-corrected chi connectivity index (χ4v) is 5.35. The minimum atomic E-state index is -0.501. The van der Waals surface area contributed by atoms with Crippen molar-refractivity contribution in [1.82, 2.24) is 24.1 Å². The Labute approximate surface area is 203 Å². The minimum absolute atomic E-state index is 0.0663. The lowest BCUT2D eigenvalue weighted by molar-refractivity contribution is 0.0177. The second-order valence-corrected chi connectivity index (χ2v) is 10.7. The number of hydrogen-bond donors (Lipinski definition) is 0. The van der Waals surface area contributed by atoms with Crippen molar-refractivity contribution in [1.29, 1.82) is 0 Å². The van der Waals surface area contributed by atoms with Crippen molar-refractivity contribution >= 4 is 34.5 Å². The van der Waals surface area contributed by atoms with Gasteiger partial charge in [-0.05, 0) is 58.1 Å². The number of amides is 1. The predicted molar refractivity (Wildman–Crippen MR) is 133 cm³/mol. The van der Waals surface area contributed by atoms with Crippen LogP contribution in [0.15, 0.2) is 34.2 Å². The van der Waals surface area contributed by atoms with Gasteiger partial charge in [0.15, 0.2) is 5.16 Å². The van der Waals surface area contributed by atoms with Crippen LogP contribution in [0.3, 0.4) is 0 Å². The van der Waals surface area contributed by atoms with Gasteiger partial charge in [-0.25, -0.2) is 4.79 Å². The first kappa shape index (κ1) is 24.5. The van der Waals surface area contributed by atoms with E-state index in [4.69, 9.17) is 9.47 Å². The average molecular weight is 488 g/mol. The smallest absolute Gasteiger partial charge is 0.410 e. The fraction of sp³-hybridized carbons (Fsp3) is 0.583. The molecule has 1 amide bonds. The van der Waals surface area contributed by atoms with E-state index >= 15 is 0 Å². The summed E-state index contributed by atoms with van der Waals surface area (Å²) in [6.45, 7) is 8.13. The van der Waals surface area contributed by atoms with Gasteiger partial charge in [0.05, 0.1) is 10.9 Å². The van der Waals surface area contributed by atoms with Crippen molar-refractivity contribution in [2.45, 2.75) is 57.3 Å². The third-order valence-electron chi connectivity index (χ3n) is 5.83. The van der Waals surface area contributed by atoms with Gasteiger partial charge in [0, 0.05) is 39.1 Å². The number of para-hydroxylation sites is 1. The van der Waals surface area contributed by atoms with E-state index in [1.165, 1.54) is 0 Å².